The third-order valence-electron chi connectivity index (χ3n) is 3.46. The van der Waals surface area contributed by atoms with Crippen LogP contribution in [0.25, 0.3) is 0 Å². The van der Waals surface area contributed by atoms with Gasteiger partial charge in [0.2, 0.25) is 0 Å². The molecule has 25 heavy (non-hydrogen) atoms. The monoisotopic (exact) mass is 350 g/mol. The Morgan fingerprint density at radius 3 is 1.16 bits per heavy atom. The average molecular weight is 351 g/mol. The normalized spacial score (nSPS) is 9.36. The van der Waals surface area contributed by atoms with Crippen LogP contribution in [0.4, 0.5) is 0 Å². The van der Waals surface area contributed by atoms with E-state index in [9.17, 15) is 19.8 Å². The van der Waals surface area contributed by atoms with Crippen molar-refractivity contribution in [3.05, 3.63) is 70.8 Å². The minimum absolute atomic E-state index is 0. The number of benzene rings is 2. The second-order valence-corrected chi connectivity index (χ2v) is 5.47. The second kappa shape index (κ2) is 12.5. The molecule has 0 unspecified atom stereocenters. The molecule has 0 aliphatic rings. The maximum atomic E-state index is 10.4. The van der Waals surface area contributed by atoms with Crippen molar-refractivity contribution >= 4 is 35.0 Å². The Kier molecular flexibility index (Phi) is 11.6. The average Bonchev–Trinajstić information content (AvgIpc) is 2.57. The number of aryl methyl sites for hydroxylation is 2. The molecule has 0 aromatic heterocycles. The summed E-state index contributed by atoms with van der Waals surface area (Å²) < 4.78 is 0. The van der Waals surface area contributed by atoms with Crippen molar-refractivity contribution < 1.29 is 19.8 Å². The first-order chi connectivity index (χ1) is 11.5. The van der Waals surface area contributed by atoms with E-state index in [0.29, 0.717) is 0 Å². The van der Waals surface area contributed by atoms with Crippen LogP contribution < -0.4 is 10.2 Å². The fraction of sp³-hybridized carbons (Fsp3) is 0.300. The standard InChI is InChI=1S/2C10H12O2.Mg/c2*1-2-3-8-4-6-9(7-5-8)10(11)12;/h2*4-7H,2-3H2,1H3,(H,11,12);/q;;+2/p-2. The third-order valence-corrected chi connectivity index (χ3v) is 3.46. The maximum absolute atomic E-state index is 10.4. The molecule has 2 aromatic carbocycles. The van der Waals surface area contributed by atoms with E-state index < -0.39 is 11.9 Å². The van der Waals surface area contributed by atoms with Crippen LogP contribution in [0, 0.1) is 0 Å². The molecule has 0 heterocycles. The van der Waals surface area contributed by atoms with E-state index in [0.717, 1.165) is 25.7 Å². The Bertz CT molecular complexity index is 589. The first-order valence-corrected chi connectivity index (χ1v) is 8.08. The molecule has 0 atom stereocenters. The van der Waals surface area contributed by atoms with Gasteiger partial charge in [-0.2, -0.15) is 0 Å². The molecule has 128 valence electrons. The quantitative estimate of drug-likeness (QED) is 0.741. The van der Waals surface area contributed by atoms with Crippen LogP contribution in [0.2, 0.25) is 0 Å². The summed E-state index contributed by atoms with van der Waals surface area (Å²) in [7, 11) is 0. The molecule has 0 aliphatic carbocycles. The number of hydrogen-bond acceptors (Lipinski definition) is 4. The number of carboxylic acids is 2. The molecule has 0 amide bonds. The summed E-state index contributed by atoms with van der Waals surface area (Å²) in [6, 6.07) is 13.6. The maximum Gasteiger partial charge on any atom is 2.00 e. The van der Waals surface area contributed by atoms with Crippen molar-refractivity contribution in [2.45, 2.75) is 39.5 Å². The summed E-state index contributed by atoms with van der Waals surface area (Å²) in [5.74, 6) is -2.23. The van der Waals surface area contributed by atoms with Gasteiger partial charge in [0.25, 0.3) is 0 Å². The predicted molar refractivity (Wildman–Crippen MR) is 95.3 cm³/mol. The minimum atomic E-state index is -1.11. The fourth-order valence-corrected chi connectivity index (χ4v) is 2.19. The molecule has 0 N–H and O–H groups in total. The van der Waals surface area contributed by atoms with E-state index in [-0.39, 0.29) is 34.2 Å². The van der Waals surface area contributed by atoms with Gasteiger partial charge in [-0.1, -0.05) is 75.2 Å². The van der Waals surface area contributed by atoms with Crippen LogP contribution in [0.15, 0.2) is 48.5 Å². The molecule has 0 aliphatic heterocycles. The zero-order valence-corrected chi connectivity index (χ0v) is 16.2. The van der Waals surface area contributed by atoms with Crippen LogP contribution in [0.1, 0.15) is 58.5 Å². The van der Waals surface area contributed by atoms with Gasteiger partial charge < -0.3 is 19.8 Å². The SMILES string of the molecule is CCCc1ccc(C(=O)[O-])cc1.CCCc1ccc(C(=O)[O-])cc1.[Mg+2]. The Labute approximate surface area is 165 Å². The van der Waals surface area contributed by atoms with Gasteiger partial charge in [0.05, 0.1) is 11.9 Å². The van der Waals surface area contributed by atoms with Gasteiger partial charge >= 0.3 is 23.1 Å². The molecule has 0 radical (unpaired) electrons. The van der Waals surface area contributed by atoms with Gasteiger partial charge in [0.1, 0.15) is 0 Å². The van der Waals surface area contributed by atoms with Crippen molar-refractivity contribution in [3.63, 3.8) is 0 Å². The van der Waals surface area contributed by atoms with E-state index in [4.69, 9.17) is 0 Å². The molecule has 0 bridgehead atoms. The molecular formula is C20H22MgO4. The molecule has 5 heteroatoms. The summed E-state index contributed by atoms with van der Waals surface area (Å²) in [6.45, 7) is 4.18. The number of carboxylic acid groups (broad SMARTS) is 2. The molecule has 0 saturated carbocycles. The Balaban J connectivity index is 0.000000443. The smallest absolute Gasteiger partial charge is 0.545 e. The Morgan fingerprint density at radius 2 is 0.960 bits per heavy atom. The number of carbonyl (C=O) groups excluding carboxylic acids is 2. The van der Waals surface area contributed by atoms with Gasteiger partial charge in [-0.3, -0.25) is 0 Å². The number of carbonyl (C=O) groups is 2. The largest absolute Gasteiger partial charge is 2.00 e. The van der Waals surface area contributed by atoms with E-state index in [1.54, 1.807) is 24.3 Å². The van der Waals surface area contributed by atoms with Crippen molar-refractivity contribution in [1.82, 2.24) is 0 Å². The van der Waals surface area contributed by atoms with Crippen LogP contribution in [0.5, 0.6) is 0 Å². The Morgan fingerprint density at radius 1 is 0.680 bits per heavy atom. The van der Waals surface area contributed by atoms with E-state index in [2.05, 4.69) is 13.8 Å². The first kappa shape index (κ1) is 23.1. The van der Waals surface area contributed by atoms with Crippen molar-refractivity contribution in [3.8, 4) is 0 Å². The first-order valence-electron chi connectivity index (χ1n) is 8.08. The van der Waals surface area contributed by atoms with E-state index in [1.165, 1.54) is 11.1 Å². The molecule has 2 aromatic rings. The zero-order valence-electron chi connectivity index (χ0n) is 14.8. The summed E-state index contributed by atoms with van der Waals surface area (Å²) in [5.41, 5.74) is 2.83. The van der Waals surface area contributed by atoms with Gasteiger partial charge in [-0.05, 0) is 35.1 Å². The van der Waals surface area contributed by atoms with E-state index in [1.807, 2.05) is 24.3 Å². The van der Waals surface area contributed by atoms with Crippen LogP contribution >= 0.6 is 0 Å². The summed E-state index contributed by atoms with van der Waals surface area (Å²) in [6.07, 6.45) is 4.13. The molecule has 0 fully saturated rings. The zero-order chi connectivity index (χ0) is 17.9. The van der Waals surface area contributed by atoms with Crippen molar-refractivity contribution in [2.24, 2.45) is 0 Å². The van der Waals surface area contributed by atoms with E-state index >= 15 is 0 Å². The number of rotatable bonds is 6. The molecule has 2 rings (SSSR count). The third kappa shape index (κ3) is 8.70. The van der Waals surface area contributed by atoms with Gasteiger partial charge in [-0.25, -0.2) is 0 Å². The number of aromatic carboxylic acids is 2. The second-order valence-electron chi connectivity index (χ2n) is 5.47. The molecular weight excluding hydrogens is 329 g/mol. The Hall–Kier alpha value is -1.85. The topological polar surface area (TPSA) is 80.3 Å². The van der Waals surface area contributed by atoms with Gasteiger partial charge in [0.15, 0.2) is 0 Å². The fourth-order valence-electron chi connectivity index (χ4n) is 2.19. The van der Waals surface area contributed by atoms with Crippen molar-refractivity contribution in [1.29, 1.82) is 0 Å². The van der Waals surface area contributed by atoms with Gasteiger partial charge in [0, 0.05) is 0 Å². The van der Waals surface area contributed by atoms with Crippen LogP contribution in [0.3, 0.4) is 0 Å². The molecule has 0 saturated heterocycles. The summed E-state index contributed by atoms with van der Waals surface area (Å²) in [4.78, 5) is 20.7. The number of hydrogen-bond donors (Lipinski definition) is 0. The van der Waals surface area contributed by atoms with Crippen molar-refractivity contribution in [2.75, 3.05) is 0 Å². The predicted octanol–water partition coefficient (Wildman–Crippen LogP) is 1.62. The molecule has 0 spiro atoms. The van der Waals surface area contributed by atoms with Crippen LogP contribution in [-0.4, -0.2) is 35.0 Å². The van der Waals surface area contributed by atoms with Gasteiger partial charge in [-0.15, -0.1) is 0 Å². The molecule has 4 nitrogen and oxygen atoms in total. The minimum Gasteiger partial charge on any atom is -0.545 e. The van der Waals surface area contributed by atoms with Crippen LogP contribution in [-0.2, 0) is 12.8 Å². The summed E-state index contributed by atoms with van der Waals surface area (Å²) in [5, 5.41) is 20.7. The summed E-state index contributed by atoms with van der Waals surface area (Å²) >= 11 is 0.